The molecule has 0 saturated heterocycles. The molecule has 0 radical (unpaired) electrons. The van der Waals surface area contributed by atoms with E-state index in [-0.39, 0.29) is 11.0 Å². The van der Waals surface area contributed by atoms with Crippen molar-refractivity contribution >= 4 is 17.1 Å². The van der Waals surface area contributed by atoms with Crippen LogP contribution in [0.5, 0.6) is 0 Å². The van der Waals surface area contributed by atoms with E-state index in [1.165, 1.54) is 6.08 Å². The number of allylic oxidation sites excluding steroid dienone is 12. The second kappa shape index (κ2) is 31.1. The Morgan fingerprint density at radius 3 is 2.31 bits per heavy atom. The minimum absolute atomic E-state index is 0.127. The first-order valence-electron chi connectivity index (χ1n) is 20.9. The van der Waals surface area contributed by atoms with E-state index in [4.69, 9.17) is 26.4 Å². The van der Waals surface area contributed by atoms with Crippen molar-refractivity contribution in [3.8, 4) is 0 Å². The maximum absolute atomic E-state index is 12.9. The molecule has 0 spiro atoms. The third-order valence-corrected chi connectivity index (χ3v) is 9.77. The van der Waals surface area contributed by atoms with Gasteiger partial charge in [-0.05, 0) is 107 Å². The zero-order valence-corrected chi connectivity index (χ0v) is 38.6. The summed E-state index contributed by atoms with van der Waals surface area (Å²) in [5, 5.41) is 0. The lowest BCUT2D eigenvalue weighted by Crippen LogP contribution is -2.41. The zero-order chi connectivity index (χ0) is 44.1. The number of aryl methyl sites for hydroxylation is 1. The smallest absolute Gasteiger partial charge is 0.251 e. The monoisotopic (exact) mass is 821 g/mol. The first-order valence-corrected chi connectivity index (χ1v) is 21.3. The van der Waals surface area contributed by atoms with Crippen LogP contribution < -0.4 is 5.56 Å². The number of hydrogen-bond donors (Lipinski definition) is 1. The fourth-order valence-corrected chi connectivity index (χ4v) is 6.61. The van der Waals surface area contributed by atoms with E-state index in [1.54, 1.807) is 31.6 Å². The standard InChI is InChI=1S/C35H57FN2O2S.C15H20O2/c1-11-20-40-29(8)14-13-15-31(12-2)38(23-25(3)4)24-32(41)18-19-35(9,10)33-27(6)22-30(34(39)37-33)21-26(5)16-17-28(7)36;1-5-9-15(12-13-17-6-2)11-8-7-10-14(3)16-4/h16-17,22,25,29,31H,5,7,11-15,18-21,23-24H2,1-4,6,8-10H3,(H,37,39);5,7-13H,1,3,6H2,2,4H3/b17-16-;10-7-,11-8+,13-12+,15-9-/t29-,31-;/m1./s1. The number of halogens is 1. The van der Waals surface area contributed by atoms with Gasteiger partial charge in [0, 0.05) is 53.7 Å². The SMILES string of the molecule is C=C(F)/C=C\C(=C)Cc1cc(C)c(C(C)(C)CCC(=S)CN(CC(C)C)[C@H](CC)CCC[C@@H](C)OCCC)[nH]c1=O.C=C/C=C(/C=C/C=C\C(=C)OC)\C=C\OCC. The van der Waals surface area contributed by atoms with E-state index in [1.807, 2.05) is 50.3 Å². The topological polar surface area (TPSA) is 63.8 Å². The Hall–Kier alpha value is -3.85. The number of ether oxygens (including phenoxy) is 3. The highest BCUT2D eigenvalue weighted by atomic mass is 32.1. The molecule has 0 saturated carbocycles. The summed E-state index contributed by atoms with van der Waals surface area (Å²) in [4.78, 5) is 19.7. The summed E-state index contributed by atoms with van der Waals surface area (Å²) in [6.07, 6.45) is 25.4. The summed E-state index contributed by atoms with van der Waals surface area (Å²) in [7, 11) is 1.59. The highest BCUT2D eigenvalue weighted by Gasteiger charge is 2.26. The fourth-order valence-electron chi connectivity index (χ4n) is 6.34. The minimum atomic E-state index is -0.536. The molecule has 1 aromatic heterocycles. The Bertz CT molecular complexity index is 1630. The van der Waals surface area contributed by atoms with Crippen molar-refractivity contribution < 1.29 is 18.6 Å². The maximum Gasteiger partial charge on any atom is 0.251 e. The number of hydrogen-bond acceptors (Lipinski definition) is 6. The van der Waals surface area contributed by atoms with Gasteiger partial charge in [-0.2, -0.15) is 0 Å². The average molecular weight is 821 g/mol. The molecule has 0 aliphatic rings. The van der Waals surface area contributed by atoms with Gasteiger partial charge in [-0.1, -0.05) is 122 Å². The molecule has 2 atom stereocenters. The van der Waals surface area contributed by atoms with E-state index >= 15 is 0 Å². The second-order valence-electron chi connectivity index (χ2n) is 15.8. The van der Waals surface area contributed by atoms with Crippen LogP contribution >= 0.6 is 12.2 Å². The van der Waals surface area contributed by atoms with Crippen LogP contribution in [-0.2, 0) is 26.0 Å². The van der Waals surface area contributed by atoms with Gasteiger partial charge in [-0.25, -0.2) is 4.39 Å². The van der Waals surface area contributed by atoms with Gasteiger partial charge in [0.05, 0.1) is 26.1 Å². The number of methoxy groups -OCH3 is 1. The third-order valence-electron chi connectivity index (χ3n) is 9.44. The number of nitrogens with zero attached hydrogens (tertiary/aromatic N) is 1. The van der Waals surface area contributed by atoms with Crippen molar-refractivity contribution in [3.05, 3.63) is 143 Å². The summed E-state index contributed by atoms with van der Waals surface area (Å²) in [6.45, 7) is 37.4. The van der Waals surface area contributed by atoms with Crippen LogP contribution in [0.4, 0.5) is 4.39 Å². The van der Waals surface area contributed by atoms with Crippen molar-refractivity contribution in [1.29, 1.82) is 0 Å². The van der Waals surface area contributed by atoms with Crippen molar-refractivity contribution in [2.75, 3.05) is 33.4 Å². The molecule has 0 amide bonds. The lowest BCUT2D eigenvalue weighted by Gasteiger charge is -2.34. The van der Waals surface area contributed by atoms with E-state index < -0.39 is 5.83 Å². The Morgan fingerprint density at radius 1 is 1.03 bits per heavy atom. The van der Waals surface area contributed by atoms with Crippen molar-refractivity contribution in [3.63, 3.8) is 0 Å². The molecule has 1 N–H and O–H groups in total. The Kier molecular flexibility index (Phi) is 29.1. The number of pyridine rings is 1. The van der Waals surface area contributed by atoms with E-state index in [9.17, 15) is 9.18 Å². The van der Waals surface area contributed by atoms with Gasteiger partial charge in [-0.3, -0.25) is 9.69 Å². The van der Waals surface area contributed by atoms with Crippen LogP contribution in [0.3, 0.4) is 0 Å². The zero-order valence-electron chi connectivity index (χ0n) is 37.8. The van der Waals surface area contributed by atoms with Gasteiger partial charge in [0.25, 0.3) is 5.56 Å². The highest BCUT2D eigenvalue weighted by molar-refractivity contribution is 7.80. The van der Waals surface area contributed by atoms with Gasteiger partial charge in [-0.15, -0.1) is 0 Å². The number of nitrogens with one attached hydrogen (secondary N) is 1. The summed E-state index contributed by atoms with van der Waals surface area (Å²) < 4.78 is 28.9. The summed E-state index contributed by atoms with van der Waals surface area (Å²) >= 11 is 5.96. The molecule has 0 aromatic carbocycles. The summed E-state index contributed by atoms with van der Waals surface area (Å²) in [5.74, 6) is 0.656. The predicted octanol–water partition coefficient (Wildman–Crippen LogP) is 12.9. The van der Waals surface area contributed by atoms with E-state index in [0.717, 1.165) is 86.3 Å². The van der Waals surface area contributed by atoms with Crippen LogP contribution in [0.25, 0.3) is 0 Å². The molecule has 324 valence electrons. The molecule has 0 bridgehead atoms. The van der Waals surface area contributed by atoms with Crippen LogP contribution in [0, 0.1) is 12.8 Å². The predicted molar refractivity (Wildman–Crippen MR) is 252 cm³/mol. The number of thiocarbonyl (C=S) groups is 1. The van der Waals surface area contributed by atoms with E-state index in [0.29, 0.717) is 48.0 Å². The highest BCUT2D eigenvalue weighted by Crippen LogP contribution is 2.30. The lowest BCUT2D eigenvalue weighted by atomic mass is 9.81. The first kappa shape index (κ1) is 54.2. The molecule has 0 aliphatic carbocycles. The van der Waals surface area contributed by atoms with Crippen LogP contribution in [0.15, 0.2) is 121 Å². The number of rotatable bonds is 29. The molecule has 0 fully saturated rings. The molecule has 0 unspecified atom stereocenters. The summed E-state index contributed by atoms with van der Waals surface area (Å²) in [5.41, 5.74) is 3.89. The molecule has 1 rings (SSSR count). The van der Waals surface area contributed by atoms with Gasteiger partial charge < -0.3 is 19.2 Å². The van der Waals surface area contributed by atoms with Crippen LogP contribution in [0.1, 0.15) is 117 Å². The molecule has 1 heterocycles. The first-order chi connectivity index (χ1) is 27.4. The minimum Gasteiger partial charge on any atom is -0.501 e. The van der Waals surface area contributed by atoms with Gasteiger partial charge >= 0.3 is 0 Å². The number of H-pyrrole nitrogens is 1. The van der Waals surface area contributed by atoms with Crippen molar-refractivity contribution in [1.82, 2.24) is 9.88 Å². The Labute approximate surface area is 358 Å². The molecule has 6 nitrogen and oxygen atoms in total. The largest absolute Gasteiger partial charge is 0.501 e. The molecule has 8 heteroatoms. The van der Waals surface area contributed by atoms with Gasteiger partial charge in [0.1, 0.15) is 11.6 Å². The van der Waals surface area contributed by atoms with Gasteiger partial charge in [0.2, 0.25) is 0 Å². The quantitative estimate of drug-likeness (QED) is 0.0493. The van der Waals surface area contributed by atoms with Crippen LogP contribution in [-0.4, -0.2) is 60.3 Å². The molecule has 0 aliphatic heterocycles. The molecule has 1 aromatic rings. The Balaban J connectivity index is 0.00000160. The van der Waals surface area contributed by atoms with Crippen molar-refractivity contribution in [2.45, 2.75) is 131 Å². The summed E-state index contributed by atoms with van der Waals surface area (Å²) in [6, 6.07) is 2.45. The normalized spacial score (nSPS) is 13.4. The van der Waals surface area contributed by atoms with Crippen LogP contribution in [0.2, 0.25) is 0 Å². The third kappa shape index (κ3) is 24.8. The number of aromatic nitrogens is 1. The molecular weight excluding hydrogens is 744 g/mol. The second-order valence-corrected chi connectivity index (χ2v) is 16.3. The lowest BCUT2D eigenvalue weighted by molar-refractivity contribution is 0.0568. The van der Waals surface area contributed by atoms with Crippen molar-refractivity contribution in [2.24, 2.45) is 5.92 Å². The number of aromatic amines is 1. The Morgan fingerprint density at radius 2 is 1.72 bits per heavy atom. The van der Waals surface area contributed by atoms with Gasteiger partial charge in [0.15, 0.2) is 0 Å². The molecule has 58 heavy (non-hydrogen) atoms. The van der Waals surface area contributed by atoms with E-state index in [2.05, 4.69) is 84.7 Å². The average Bonchev–Trinajstić information content (AvgIpc) is 3.16. The fraction of sp³-hybridized carbons (Fsp3) is 0.520. The molecular formula is C50H77FN2O4S. The maximum atomic E-state index is 12.9.